The maximum absolute atomic E-state index is 12.9. The van der Waals surface area contributed by atoms with Gasteiger partial charge in [-0.1, -0.05) is 0 Å². The van der Waals surface area contributed by atoms with E-state index in [1.165, 1.54) is 0 Å². The normalized spacial score (nSPS) is 23.7. The SMILES string of the molecule is O=S(=O)(CC1CCOC1)N1CCc2[nH]nc(C(F)(F)F)c2C1. The molecule has 6 nitrogen and oxygen atoms in total. The topological polar surface area (TPSA) is 75.3 Å². The molecule has 0 aliphatic carbocycles. The van der Waals surface area contributed by atoms with Crippen molar-refractivity contribution in [2.45, 2.75) is 25.6 Å². The van der Waals surface area contributed by atoms with Crippen molar-refractivity contribution in [1.82, 2.24) is 14.5 Å². The number of sulfonamides is 1. The number of nitrogens with one attached hydrogen (secondary N) is 1. The Labute approximate surface area is 125 Å². The molecule has 0 aromatic carbocycles. The molecular formula is C12H16F3N3O3S. The van der Waals surface area contributed by atoms with E-state index >= 15 is 0 Å². The fraction of sp³-hybridized carbons (Fsp3) is 0.750. The summed E-state index contributed by atoms with van der Waals surface area (Å²) in [6.45, 7) is 0.807. The molecule has 0 amide bonds. The molecule has 1 aromatic heterocycles. The maximum Gasteiger partial charge on any atom is 0.435 e. The smallest absolute Gasteiger partial charge is 0.381 e. The summed E-state index contributed by atoms with van der Waals surface area (Å²) in [6.07, 6.45) is -3.72. The van der Waals surface area contributed by atoms with Crippen molar-refractivity contribution in [3.8, 4) is 0 Å². The number of fused-ring (bicyclic) bond motifs is 1. The van der Waals surface area contributed by atoms with Gasteiger partial charge in [-0.3, -0.25) is 5.10 Å². The molecule has 1 fully saturated rings. The molecule has 2 aliphatic heterocycles. The third-order valence-electron chi connectivity index (χ3n) is 4.03. The summed E-state index contributed by atoms with van der Waals surface area (Å²) in [7, 11) is -3.61. The Hall–Kier alpha value is -1.13. The van der Waals surface area contributed by atoms with E-state index in [0.29, 0.717) is 25.3 Å². The van der Waals surface area contributed by atoms with Crippen molar-refractivity contribution >= 4 is 10.0 Å². The van der Waals surface area contributed by atoms with Crippen LogP contribution in [0.2, 0.25) is 0 Å². The summed E-state index contributed by atoms with van der Waals surface area (Å²) in [5, 5.41) is 5.66. The van der Waals surface area contributed by atoms with Gasteiger partial charge in [0.1, 0.15) is 0 Å². The van der Waals surface area contributed by atoms with Crippen LogP contribution in [0.1, 0.15) is 23.4 Å². The van der Waals surface area contributed by atoms with E-state index in [2.05, 4.69) is 10.2 Å². The fourth-order valence-corrected chi connectivity index (χ4v) is 4.62. The Kier molecular flexibility index (Phi) is 3.94. The molecular weight excluding hydrogens is 323 g/mol. The highest BCUT2D eigenvalue weighted by Crippen LogP contribution is 2.34. The van der Waals surface area contributed by atoms with Crippen LogP contribution in [0.15, 0.2) is 0 Å². The molecule has 0 saturated carbocycles. The first kappa shape index (κ1) is 15.8. The molecule has 0 spiro atoms. The van der Waals surface area contributed by atoms with E-state index < -0.39 is 21.9 Å². The van der Waals surface area contributed by atoms with Gasteiger partial charge in [-0.15, -0.1) is 0 Å². The summed E-state index contributed by atoms with van der Waals surface area (Å²) in [4.78, 5) is 0. The predicted octanol–water partition coefficient (Wildman–Crippen LogP) is 1.15. The number of nitrogens with zero attached hydrogens (tertiary/aromatic N) is 2. The Morgan fingerprint density at radius 3 is 2.82 bits per heavy atom. The predicted molar refractivity (Wildman–Crippen MR) is 70.4 cm³/mol. The highest BCUT2D eigenvalue weighted by atomic mass is 32.2. The number of alkyl halides is 3. The number of aromatic nitrogens is 2. The van der Waals surface area contributed by atoms with Gasteiger partial charge in [0.05, 0.1) is 12.4 Å². The van der Waals surface area contributed by atoms with Crippen molar-refractivity contribution in [2.24, 2.45) is 5.92 Å². The first-order valence-electron chi connectivity index (χ1n) is 6.96. The average molecular weight is 339 g/mol. The number of H-pyrrole nitrogens is 1. The van der Waals surface area contributed by atoms with E-state index in [-0.39, 0.29) is 36.7 Å². The lowest BCUT2D eigenvalue weighted by atomic mass is 10.1. The Morgan fingerprint density at radius 1 is 1.41 bits per heavy atom. The van der Waals surface area contributed by atoms with Crippen LogP contribution in [-0.2, 0) is 33.9 Å². The molecule has 3 rings (SSSR count). The third kappa shape index (κ3) is 2.99. The summed E-state index contributed by atoms with van der Waals surface area (Å²) in [6, 6.07) is 0. The van der Waals surface area contributed by atoms with Crippen LogP contribution in [-0.4, -0.2) is 48.4 Å². The van der Waals surface area contributed by atoms with Crippen molar-refractivity contribution in [3.63, 3.8) is 0 Å². The van der Waals surface area contributed by atoms with Crippen LogP contribution in [0.3, 0.4) is 0 Å². The van der Waals surface area contributed by atoms with Gasteiger partial charge in [-0.05, 0) is 12.3 Å². The lowest BCUT2D eigenvalue weighted by molar-refractivity contribution is -0.142. The fourth-order valence-electron chi connectivity index (χ4n) is 2.86. The Balaban J connectivity index is 1.79. The zero-order valence-corrected chi connectivity index (χ0v) is 12.5. The van der Waals surface area contributed by atoms with Gasteiger partial charge >= 0.3 is 6.18 Å². The summed E-state index contributed by atoms with van der Waals surface area (Å²) in [5.41, 5.74) is -0.723. The molecule has 1 N–H and O–H groups in total. The first-order chi connectivity index (χ1) is 10.3. The van der Waals surface area contributed by atoms with Gasteiger partial charge in [-0.2, -0.15) is 22.6 Å². The van der Waals surface area contributed by atoms with E-state index in [1.807, 2.05) is 0 Å². The highest BCUT2D eigenvalue weighted by Gasteiger charge is 2.41. The van der Waals surface area contributed by atoms with Crippen LogP contribution >= 0.6 is 0 Å². The Morgan fingerprint density at radius 2 is 2.18 bits per heavy atom. The quantitative estimate of drug-likeness (QED) is 0.896. The van der Waals surface area contributed by atoms with E-state index in [0.717, 1.165) is 4.31 Å². The monoisotopic (exact) mass is 339 g/mol. The van der Waals surface area contributed by atoms with E-state index in [4.69, 9.17) is 4.74 Å². The minimum Gasteiger partial charge on any atom is -0.381 e. The molecule has 124 valence electrons. The molecule has 2 aliphatic rings. The van der Waals surface area contributed by atoms with Gasteiger partial charge < -0.3 is 4.74 Å². The van der Waals surface area contributed by atoms with E-state index in [9.17, 15) is 21.6 Å². The largest absolute Gasteiger partial charge is 0.435 e. The molecule has 1 saturated heterocycles. The van der Waals surface area contributed by atoms with Gasteiger partial charge in [0.25, 0.3) is 0 Å². The zero-order valence-electron chi connectivity index (χ0n) is 11.7. The lowest BCUT2D eigenvalue weighted by Crippen LogP contribution is -2.39. The number of aromatic amines is 1. The zero-order chi connectivity index (χ0) is 16.0. The van der Waals surface area contributed by atoms with Crippen molar-refractivity contribution in [1.29, 1.82) is 0 Å². The van der Waals surface area contributed by atoms with Crippen LogP contribution in [0.25, 0.3) is 0 Å². The van der Waals surface area contributed by atoms with Crippen molar-refractivity contribution < 1.29 is 26.3 Å². The molecule has 1 aromatic rings. The van der Waals surface area contributed by atoms with Crippen molar-refractivity contribution in [3.05, 3.63) is 17.0 Å². The van der Waals surface area contributed by atoms with Crippen LogP contribution in [0, 0.1) is 5.92 Å². The van der Waals surface area contributed by atoms with Crippen LogP contribution in [0.5, 0.6) is 0 Å². The second kappa shape index (κ2) is 5.50. The summed E-state index contributed by atoms with van der Waals surface area (Å²) in [5.74, 6) is -0.167. The molecule has 10 heteroatoms. The lowest BCUT2D eigenvalue weighted by Gasteiger charge is -2.27. The number of halogens is 3. The highest BCUT2D eigenvalue weighted by molar-refractivity contribution is 7.89. The average Bonchev–Trinajstić information content (AvgIpc) is 3.04. The molecule has 0 bridgehead atoms. The molecule has 1 unspecified atom stereocenters. The third-order valence-corrected chi connectivity index (χ3v) is 6.02. The molecule has 22 heavy (non-hydrogen) atoms. The second-order valence-electron chi connectivity index (χ2n) is 5.62. The minimum absolute atomic E-state index is 0.0648. The second-order valence-corrected chi connectivity index (χ2v) is 7.63. The summed E-state index contributed by atoms with van der Waals surface area (Å²) < 4.78 is 69.7. The van der Waals surface area contributed by atoms with Gasteiger partial charge in [-0.25, -0.2) is 8.42 Å². The minimum atomic E-state index is -4.59. The Bertz CT molecular complexity index is 650. The number of hydrogen-bond donors (Lipinski definition) is 1. The van der Waals surface area contributed by atoms with Crippen molar-refractivity contribution in [2.75, 3.05) is 25.5 Å². The molecule has 1 atom stereocenters. The van der Waals surface area contributed by atoms with Gasteiger partial charge in [0.15, 0.2) is 5.69 Å². The van der Waals surface area contributed by atoms with Gasteiger partial charge in [0, 0.05) is 37.4 Å². The number of ether oxygens (including phenoxy) is 1. The molecule has 3 heterocycles. The van der Waals surface area contributed by atoms with Crippen LogP contribution < -0.4 is 0 Å². The summed E-state index contributed by atoms with van der Waals surface area (Å²) >= 11 is 0. The van der Waals surface area contributed by atoms with Crippen LogP contribution in [0.4, 0.5) is 13.2 Å². The van der Waals surface area contributed by atoms with Gasteiger partial charge in [0.2, 0.25) is 10.0 Å². The standard InChI is InChI=1S/C12H16F3N3O3S/c13-12(14,15)11-9-5-18(3-1-10(9)16-17-11)22(19,20)7-8-2-4-21-6-8/h8H,1-7H2,(H,16,17). The number of hydrogen-bond acceptors (Lipinski definition) is 4. The first-order valence-corrected chi connectivity index (χ1v) is 8.57. The number of rotatable bonds is 3. The molecule has 0 radical (unpaired) electrons. The van der Waals surface area contributed by atoms with E-state index in [1.54, 1.807) is 0 Å². The maximum atomic E-state index is 12.9.